The summed E-state index contributed by atoms with van der Waals surface area (Å²) in [6.07, 6.45) is 1.46. The Morgan fingerprint density at radius 3 is 2.58 bits per heavy atom. The molecule has 6 nitrogen and oxygen atoms in total. The Labute approximate surface area is 157 Å². The van der Waals surface area contributed by atoms with Gasteiger partial charge in [0.15, 0.2) is 18.1 Å². The normalized spacial score (nSPS) is 10.7. The van der Waals surface area contributed by atoms with Gasteiger partial charge < -0.3 is 14.2 Å². The van der Waals surface area contributed by atoms with Gasteiger partial charge in [-0.3, -0.25) is 4.79 Å². The van der Waals surface area contributed by atoms with Crippen LogP contribution in [-0.4, -0.2) is 32.9 Å². The predicted octanol–water partition coefficient (Wildman–Crippen LogP) is 3.50. The highest BCUT2D eigenvalue weighted by atomic mass is 35.5. The van der Waals surface area contributed by atoms with E-state index >= 15 is 0 Å². The number of halogens is 1. The van der Waals surface area contributed by atoms with Gasteiger partial charge in [-0.25, -0.2) is 5.43 Å². The van der Waals surface area contributed by atoms with Gasteiger partial charge >= 0.3 is 0 Å². The third kappa shape index (κ3) is 5.13. The van der Waals surface area contributed by atoms with Gasteiger partial charge in [0.25, 0.3) is 5.91 Å². The Bertz CT molecular complexity index is 821. The lowest BCUT2D eigenvalue weighted by atomic mass is 10.1. The first-order chi connectivity index (χ1) is 12.4. The van der Waals surface area contributed by atoms with Crippen molar-refractivity contribution in [3.63, 3.8) is 0 Å². The smallest absolute Gasteiger partial charge is 0.277 e. The van der Waals surface area contributed by atoms with Crippen molar-refractivity contribution in [3.8, 4) is 17.2 Å². The van der Waals surface area contributed by atoms with Gasteiger partial charge in [0.2, 0.25) is 0 Å². The minimum absolute atomic E-state index is 0.132. The monoisotopic (exact) mass is 376 g/mol. The van der Waals surface area contributed by atoms with Crippen LogP contribution in [0.2, 0.25) is 5.02 Å². The van der Waals surface area contributed by atoms with Crippen molar-refractivity contribution in [3.05, 3.63) is 52.0 Å². The minimum atomic E-state index is -0.369. The molecule has 0 heterocycles. The zero-order valence-corrected chi connectivity index (χ0v) is 15.9. The standard InChI is InChI=1S/C19H21ClN2O4/c1-12-5-6-15(7-13(12)2)26-11-18(23)22-21-10-14-8-16(20)19(25-4)17(9-14)24-3/h5-10H,11H2,1-4H3,(H,22,23)/b21-10-. The van der Waals surface area contributed by atoms with Crippen LogP contribution in [0.4, 0.5) is 0 Å². The van der Waals surface area contributed by atoms with Crippen LogP contribution >= 0.6 is 11.6 Å². The number of carbonyl (C=O) groups is 1. The molecule has 0 spiro atoms. The lowest BCUT2D eigenvalue weighted by Gasteiger charge is -2.10. The summed E-state index contributed by atoms with van der Waals surface area (Å²) in [4.78, 5) is 11.8. The number of hydrogen-bond donors (Lipinski definition) is 1. The molecule has 0 fully saturated rings. The summed E-state index contributed by atoms with van der Waals surface area (Å²) in [5, 5.41) is 4.28. The first-order valence-corrected chi connectivity index (χ1v) is 8.26. The molecule has 7 heteroatoms. The van der Waals surface area contributed by atoms with E-state index in [0.717, 1.165) is 5.56 Å². The minimum Gasteiger partial charge on any atom is -0.493 e. The fourth-order valence-electron chi connectivity index (χ4n) is 2.18. The van der Waals surface area contributed by atoms with Crippen LogP contribution in [0.5, 0.6) is 17.2 Å². The number of methoxy groups -OCH3 is 2. The number of nitrogens with one attached hydrogen (secondary N) is 1. The Hall–Kier alpha value is -2.73. The second-order valence-electron chi connectivity index (χ2n) is 5.57. The van der Waals surface area contributed by atoms with Gasteiger partial charge in [-0.15, -0.1) is 0 Å². The zero-order valence-electron chi connectivity index (χ0n) is 15.1. The summed E-state index contributed by atoms with van der Waals surface area (Å²) in [6.45, 7) is 3.87. The van der Waals surface area contributed by atoms with Crippen molar-refractivity contribution in [2.45, 2.75) is 13.8 Å². The van der Waals surface area contributed by atoms with E-state index in [4.69, 9.17) is 25.8 Å². The van der Waals surface area contributed by atoms with Gasteiger partial charge in [-0.05, 0) is 54.8 Å². The molecule has 138 valence electrons. The molecule has 1 N–H and O–H groups in total. The van der Waals surface area contributed by atoms with Crippen LogP contribution in [-0.2, 0) is 4.79 Å². The maximum atomic E-state index is 11.8. The Morgan fingerprint density at radius 2 is 1.92 bits per heavy atom. The van der Waals surface area contributed by atoms with E-state index in [2.05, 4.69) is 10.5 Å². The van der Waals surface area contributed by atoms with E-state index in [9.17, 15) is 4.79 Å². The summed E-state index contributed by atoms with van der Waals surface area (Å²) in [6, 6.07) is 9.01. The van der Waals surface area contributed by atoms with Crippen LogP contribution in [0.15, 0.2) is 35.4 Å². The number of nitrogens with zero attached hydrogens (tertiary/aromatic N) is 1. The van der Waals surface area contributed by atoms with E-state index in [0.29, 0.717) is 27.8 Å². The van der Waals surface area contributed by atoms with Crippen LogP contribution in [0.25, 0.3) is 0 Å². The van der Waals surface area contributed by atoms with Crippen molar-refractivity contribution in [2.75, 3.05) is 20.8 Å². The molecule has 0 aliphatic heterocycles. The van der Waals surface area contributed by atoms with Crippen LogP contribution in [0.3, 0.4) is 0 Å². The van der Waals surface area contributed by atoms with Crippen molar-refractivity contribution >= 4 is 23.7 Å². The Kier molecular flexibility index (Phi) is 6.86. The lowest BCUT2D eigenvalue weighted by Crippen LogP contribution is -2.24. The van der Waals surface area contributed by atoms with Gasteiger partial charge in [-0.1, -0.05) is 17.7 Å². The topological polar surface area (TPSA) is 69.2 Å². The number of aryl methyl sites for hydroxylation is 2. The number of ether oxygens (including phenoxy) is 3. The SMILES string of the molecule is COc1cc(/C=N\NC(=O)COc2ccc(C)c(C)c2)cc(Cl)c1OC. The molecule has 0 bridgehead atoms. The maximum absolute atomic E-state index is 11.8. The second-order valence-corrected chi connectivity index (χ2v) is 5.97. The number of rotatable bonds is 7. The zero-order chi connectivity index (χ0) is 19.1. The fourth-order valence-corrected chi connectivity index (χ4v) is 2.47. The van der Waals surface area contributed by atoms with Gasteiger partial charge in [0, 0.05) is 0 Å². The highest BCUT2D eigenvalue weighted by molar-refractivity contribution is 6.32. The molecule has 0 radical (unpaired) electrons. The summed E-state index contributed by atoms with van der Waals surface area (Å²) in [7, 11) is 3.02. The largest absolute Gasteiger partial charge is 0.493 e. The van der Waals surface area contributed by atoms with Crippen molar-refractivity contribution in [1.29, 1.82) is 0 Å². The van der Waals surface area contributed by atoms with Gasteiger partial charge in [0.05, 0.1) is 25.5 Å². The van der Waals surface area contributed by atoms with Crippen molar-refractivity contribution in [2.24, 2.45) is 5.10 Å². The Morgan fingerprint density at radius 1 is 1.15 bits per heavy atom. The number of hydrazone groups is 1. The van der Waals surface area contributed by atoms with Crippen LogP contribution in [0.1, 0.15) is 16.7 Å². The highest BCUT2D eigenvalue weighted by Gasteiger charge is 2.10. The average Bonchev–Trinajstić information content (AvgIpc) is 2.62. The molecule has 0 aliphatic rings. The molecule has 26 heavy (non-hydrogen) atoms. The Balaban J connectivity index is 1.92. The number of amides is 1. The predicted molar refractivity (Wildman–Crippen MR) is 102 cm³/mol. The highest BCUT2D eigenvalue weighted by Crippen LogP contribution is 2.35. The summed E-state index contributed by atoms with van der Waals surface area (Å²) >= 11 is 6.12. The van der Waals surface area contributed by atoms with E-state index < -0.39 is 0 Å². The summed E-state index contributed by atoms with van der Waals surface area (Å²) in [5.74, 6) is 1.19. The van der Waals surface area contributed by atoms with E-state index in [1.54, 1.807) is 12.1 Å². The van der Waals surface area contributed by atoms with Crippen LogP contribution in [0, 0.1) is 13.8 Å². The summed E-state index contributed by atoms with van der Waals surface area (Å²) in [5.41, 5.74) is 5.33. The average molecular weight is 377 g/mol. The molecule has 2 rings (SSSR count). The molecule has 2 aromatic rings. The van der Waals surface area contributed by atoms with Gasteiger partial charge in [0.1, 0.15) is 5.75 Å². The quantitative estimate of drug-likeness (QED) is 0.593. The molecule has 0 aliphatic carbocycles. The first-order valence-electron chi connectivity index (χ1n) is 7.88. The number of carbonyl (C=O) groups excluding carboxylic acids is 1. The molecule has 0 saturated carbocycles. The van der Waals surface area contributed by atoms with E-state index in [1.165, 1.54) is 26.0 Å². The maximum Gasteiger partial charge on any atom is 0.277 e. The van der Waals surface area contributed by atoms with Crippen LogP contribution < -0.4 is 19.6 Å². The van der Waals surface area contributed by atoms with Gasteiger partial charge in [-0.2, -0.15) is 5.10 Å². The fraction of sp³-hybridized carbons (Fsp3) is 0.263. The molecule has 0 aromatic heterocycles. The number of hydrogen-bond acceptors (Lipinski definition) is 5. The second kappa shape index (κ2) is 9.10. The lowest BCUT2D eigenvalue weighted by molar-refractivity contribution is -0.123. The molecule has 2 aromatic carbocycles. The third-order valence-electron chi connectivity index (χ3n) is 3.71. The molecule has 0 saturated heterocycles. The number of benzene rings is 2. The van der Waals surface area contributed by atoms with Crippen molar-refractivity contribution < 1.29 is 19.0 Å². The molecule has 0 atom stereocenters. The molecular formula is C19H21ClN2O4. The third-order valence-corrected chi connectivity index (χ3v) is 3.99. The first kappa shape index (κ1) is 19.6. The molecule has 1 amide bonds. The van der Waals surface area contributed by atoms with Crippen molar-refractivity contribution in [1.82, 2.24) is 5.43 Å². The molecular weight excluding hydrogens is 356 g/mol. The summed E-state index contributed by atoms with van der Waals surface area (Å²) < 4.78 is 15.8. The van der Waals surface area contributed by atoms with E-state index in [-0.39, 0.29) is 12.5 Å². The van der Waals surface area contributed by atoms with E-state index in [1.807, 2.05) is 32.0 Å². The molecule has 0 unspecified atom stereocenters.